The number of aromatic nitrogens is 2. The Labute approximate surface area is 177 Å². The van der Waals surface area contributed by atoms with Crippen molar-refractivity contribution in [2.75, 3.05) is 4.90 Å². The number of imide groups is 1. The number of fused-ring (bicyclic) bond motifs is 1. The molecule has 3 heterocycles. The average molecular weight is 445 g/mol. The fourth-order valence-corrected chi connectivity index (χ4v) is 3.63. The van der Waals surface area contributed by atoms with E-state index in [0.717, 1.165) is 23.1 Å². The summed E-state index contributed by atoms with van der Waals surface area (Å²) >= 11 is 5.97. The second-order valence-corrected chi connectivity index (χ2v) is 7.26. The third-order valence-corrected chi connectivity index (χ3v) is 5.10. The number of carbonyl (C=O) groups excluding carboxylic acids is 2. The van der Waals surface area contributed by atoms with Crippen molar-refractivity contribution in [3.8, 4) is 11.4 Å². The maximum absolute atomic E-state index is 13.6. The van der Waals surface area contributed by atoms with Gasteiger partial charge in [-0.3, -0.25) is 14.6 Å². The van der Waals surface area contributed by atoms with Crippen molar-refractivity contribution in [2.24, 2.45) is 10.3 Å². The second-order valence-electron chi connectivity index (χ2n) is 6.82. The summed E-state index contributed by atoms with van der Waals surface area (Å²) in [5.74, 6) is -3.18. The minimum absolute atomic E-state index is 0.0805. The van der Waals surface area contributed by atoms with Gasteiger partial charge in [0, 0.05) is 16.7 Å². The lowest BCUT2D eigenvalue weighted by Gasteiger charge is -2.19. The lowest BCUT2D eigenvalue weighted by molar-refractivity contribution is -0.123. The van der Waals surface area contributed by atoms with E-state index >= 15 is 0 Å². The molecule has 156 valence electrons. The summed E-state index contributed by atoms with van der Waals surface area (Å²) in [6.07, 6.45) is 0. The maximum Gasteiger partial charge on any atom is 0.263 e. The van der Waals surface area contributed by atoms with Gasteiger partial charge in [-0.1, -0.05) is 34.1 Å². The lowest BCUT2D eigenvalue weighted by atomic mass is 10.1. The molecule has 0 aliphatic carbocycles. The standard InChI is InChI=1S/C19H11ClF2N6O3/c20-10-3-1-2-9(6-10)17-23-14(31-25-17)8-27-16-15(24-26-27)18(29)28(19(16)30)11-4-5-12(21)13(22)7-11/h1-7,15-16H,8H2/t15-,16-/m0/s1. The van der Waals surface area contributed by atoms with Crippen LogP contribution in [0.15, 0.2) is 57.3 Å². The van der Waals surface area contributed by atoms with Crippen LogP contribution in [0.5, 0.6) is 0 Å². The first kappa shape index (κ1) is 19.2. The number of hydrogen-bond donors (Lipinski definition) is 0. The van der Waals surface area contributed by atoms with Crippen LogP contribution in [0.1, 0.15) is 5.89 Å². The van der Waals surface area contributed by atoms with Gasteiger partial charge in [-0.25, -0.2) is 13.7 Å². The normalized spacial score (nSPS) is 20.1. The molecular weight excluding hydrogens is 434 g/mol. The molecule has 2 aliphatic heterocycles. The summed E-state index contributed by atoms with van der Waals surface area (Å²) in [7, 11) is 0. The van der Waals surface area contributed by atoms with E-state index in [0.29, 0.717) is 16.4 Å². The number of carbonyl (C=O) groups is 2. The largest absolute Gasteiger partial charge is 0.337 e. The third kappa shape index (κ3) is 3.22. The lowest BCUT2D eigenvalue weighted by Crippen LogP contribution is -2.39. The molecule has 5 rings (SSSR count). The number of hydrogen-bond acceptors (Lipinski definition) is 8. The van der Waals surface area contributed by atoms with Crippen LogP contribution in [0.4, 0.5) is 14.5 Å². The molecule has 1 saturated heterocycles. The molecule has 31 heavy (non-hydrogen) atoms. The van der Waals surface area contributed by atoms with Gasteiger partial charge in [0.1, 0.15) is 6.54 Å². The predicted octanol–water partition coefficient (Wildman–Crippen LogP) is 3.16. The Morgan fingerprint density at radius 3 is 2.68 bits per heavy atom. The summed E-state index contributed by atoms with van der Waals surface area (Å²) in [5, 5.41) is 13.4. The van der Waals surface area contributed by atoms with E-state index in [2.05, 4.69) is 20.5 Å². The topological polar surface area (TPSA) is 104 Å². The van der Waals surface area contributed by atoms with Crippen LogP contribution in [-0.2, 0) is 16.1 Å². The van der Waals surface area contributed by atoms with Crippen molar-refractivity contribution in [3.05, 3.63) is 65.0 Å². The van der Waals surface area contributed by atoms with Gasteiger partial charge in [0.05, 0.1) is 5.69 Å². The first-order chi connectivity index (χ1) is 14.9. The smallest absolute Gasteiger partial charge is 0.263 e. The minimum atomic E-state index is -1.17. The monoisotopic (exact) mass is 444 g/mol. The summed E-state index contributed by atoms with van der Waals surface area (Å²) in [6, 6.07) is 7.48. The molecule has 0 unspecified atom stereocenters. The maximum atomic E-state index is 13.6. The first-order valence-electron chi connectivity index (χ1n) is 9.01. The third-order valence-electron chi connectivity index (χ3n) is 4.87. The Kier molecular flexibility index (Phi) is 4.47. The average Bonchev–Trinajstić information content (AvgIpc) is 3.43. The van der Waals surface area contributed by atoms with Crippen LogP contribution >= 0.6 is 11.6 Å². The molecule has 2 aromatic carbocycles. The zero-order valence-corrected chi connectivity index (χ0v) is 16.2. The van der Waals surface area contributed by atoms with Crippen LogP contribution < -0.4 is 4.90 Å². The van der Waals surface area contributed by atoms with E-state index in [1.54, 1.807) is 24.3 Å². The molecule has 2 atom stereocenters. The van der Waals surface area contributed by atoms with Crippen LogP contribution in [0, 0.1) is 11.6 Å². The van der Waals surface area contributed by atoms with Crippen LogP contribution in [0.25, 0.3) is 11.4 Å². The molecule has 9 nitrogen and oxygen atoms in total. The van der Waals surface area contributed by atoms with Gasteiger partial charge >= 0.3 is 0 Å². The molecule has 0 spiro atoms. The fraction of sp³-hybridized carbons (Fsp3) is 0.158. The molecule has 3 aromatic rings. The Balaban J connectivity index is 1.37. The Bertz CT molecular complexity index is 1250. The summed E-state index contributed by atoms with van der Waals surface area (Å²) in [4.78, 5) is 30.6. The quantitative estimate of drug-likeness (QED) is 0.572. The molecular formula is C19H11ClF2N6O3. The molecule has 12 heteroatoms. The molecule has 1 fully saturated rings. The van der Waals surface area contributed by atoms with Crippen LogP contribution in [0.2, 0.25) is 5.02 Å². The molecule has 2 amide bonds. The molecule has 0 saturated carbocycles. The van der Waals surface area contributed by atoms with Gasteiger partial charge in [0.2, 0.25) is 11.7 Å². The van der Waals surface area contributed by atoms with Crippen LogP contribution in [-0.4, -0.2) is 39.0 Å². The van der Waals surface area contributed by atoms with Gasteiger partial charge in [0.15, 0.2) is 23.7 Å². The van der Waals surface area contributed by atoms with E-state index in [-0.39, 0.29) is 18.1 Å². The van der Waals surface area contributed by atoms with Gasteiger partial charge in [-0.05, 0) is 24.3 Å². The number of benzene rings is 2. The Morgan fingerprint density at radius 1 is 1.06 bits per heavy atom. The number of rotatable bonds is 4. The van der Waals surface area contributed by atoms with E-state index in [1.165, 1.54) is 5.01 Å². The highest BCUT2D eigenvalue weighted by atomic mass is 35.5. The Morgan fingerprint density at radius 2 is 1.90 bits per heavy atom. The zero-order chi connectivity index (χ0) is 21.7. The van der Waals surface area contributed by atoms with Crippen molar-refractivity contribution >= 4 is 29.1 Å². The first-order valence-corrected chi connectivity index (χ1v) is 9.39. The van der Waals surface area contributed by atoms with E-state index in [1.807, 2.05) is 0 Å². The van der Waals surface area contributed by atoms with E-state index < -0.39 is 35.5 Å². The highest BCUT2D eigenvalue weighted by Gasteiger charge is 2.55. The number of amides is 2. The van der Waals surface area contributed by atoms with Crippen molar-refractivity contribution in [1.29, 1.82) is 0 Å². The minimum Gasteiger partial charge on any atom is -0.337 e. The molecule has 0 radical (unpaired) electrons. The van der Waals surface area contributed by atoms with Gasteiger partial charge < -0.3 is 4.52 Å². The van der Waals surface area contributed by atoms with E-state index in [9.17, 15) is 18.4 Å². The molecule has 2 aliphatic rings. The predicted molar refractivity (Wildman–Crippen MR) is 102 cm³/mol. The Hall–Kier alpha value is -3.73. The number of halogens is 3. The molecule has 0 N–H and O–H groups in total. The summed E-state index contributed by atoms with van der Waals surface area (Å²) in [5.41, 5.74) is 0.555. The highest BCUT2D eigenvalue weighted by molar-refractivity contribution is 6.30. The molecule has 1 aromatic heterocycles. The molecule has 0 bridgehead atoms. The van der Waals surface area contributed by atoms with Gasteiger partial charge in [0.25, 0.3) is 11.8 Å². The fourth-order valence-electron chi connectivity index (χ4n) is 3.43. The zero-order valence-electron chi connectivity index (χ0n) is 15.4. The van der Waals surface area contributed by atoms with Crippen molar-refractivity contribution in [1.82, 2.24) is 15.1 Å². The summed E-state index contributed by atoms with van der Waals surface area (Å²) in [6.45, 7) is -0.0805. The highest BCUT2D eigenvalue weighted by Crippen LogP contribution is 2.33. The van der Waals surface area contributed by atoms with Gasteiger partial charge in [-0.15, -0.1) is 0 Å². The van der Waals surface area contributed by atoms with Crippen molar-refractivity contribution in [2.45, 2.75) is 18.6 Å². The second kappa shape index (κ2) is 7.20. The van der Waals surface area contributed by atoms with Crippen LogP contribution in [0.3, 0.4) is 0 Å². The van der Waals surface area contributed by atoms with Gasteiger partial charge in [-0.2, -0.15) is 10.1 Å². The van der Waals surface area contributed by atoms with E-state index in [4.69, 9.17) is 16.1 Å². The number of anilines is 1. The summed E-state index contributed by atoms with van der Waals surface area (Å²) < 4.78 is 32.0. The van der Waals surface area contributed by atoms with Crippen molar-refractivity contribution < 1.29 is 22.9 Å². The SMILES string of the molecule is O=C1[C@H]2N=NN(Cc3nc(-c4cccc(Cl)c4)no3)[C@@H]2C(=O)N1c1ccc(F)c(F)c1. The number of nitrogens with zero attached hydrogens (tertiary/aromatic N) is 6. The van der Waals surface area contributed by atoms with Crippen molar-refractivity contribution in [3.63, 3.8) is 0 Å².